The van der Waals surface area contributed by atoms with E-state index in [0.717, 1.165) is 18.4 Å². The van der Waals surface area contributed by atoms with Gasteiger partial charge in [0.25, 0.3) is 5.91 Å². The van der Waals surface area contributed by atoms with Crippen LogP contribution in [0.1, 0.15) is 59.7 Å². The topological polar surface area (TPSA) is 29.1 Å². The number of alkyl halides is 3. The van der Waals surface area contributed by atoms with Gasteiger partial charge in [-0.3, -0.25) is 4.79 Å². The molecule has 6 heteroatoms. The normalized spacial score (nSPS) is 26.6. The standard InChI is InChI=1S/C15H18F3NOS/c16-15(17,18)10-2-1-3-11(8-10)19-14(20)13-12(6-7-21-13)9-4-5-9/h6-7,9-11H,1-5,8H2,(H,19,20)/t10-,11+/m0/s1. The molecule has 0 radical (unpaired) electrons. The summed E-state index contributed by atoms with van der Waals surface area (Å²) in [6.07, 6.45) is -0.572. The molecule has 0 bridgehead atoms. The number of thiophene rings is 1. The van der Waals surface area contributed by atoms with Crippen molar-refractivity contribution in [3.05, 3.63) is 21.9 Å². The van der Waals surface area contributed by atoms with Crippen LogP contribution in [0.2, 0.25) is 0 Å². The molecule has 0 unspecified atom stereocenters. The average Bonchev–Trinajstić information content (AvgIpc) is 3.15. The lowest BCUT2D eigenvalue weighted by atomic mass is 9.85. The van der Waals surface area contributed by atoms with Gasteiger partial charge in [0, 0.05) is 6.04 Å². The van der Waals surface area contributed by atoms with Gasteiger partial charge in [0.15, 0.2) is 0 Å². The zero-order valence-corrected chi connectivity index (χ0v) is 12.4. The molecule has 0 saturated heterocycles. The van der Waals surface area contributed by atoms with E-state index in [-0.39, 0.29) is 24.8 Å². The van der Waals surface area contributed by atoms with E-state index in [0.29, 0.717) is 23.6 Å². The Kier molecular flexibility index (Phi) is 3.99. The van der Waals surface area contributed by atoms with Crippen molar-refractivity contribution < 1.29 is 18.0 Å². The number of carbonyl (C=O) groups excluding carboxylic acids is 1. The smallest absolute Gasteiger partial charge is 0.349 e. The maximum absolute atomic E-state index is 12.8. The summed E-state index contributed by atoms with van der Waals surface area (Å²) in [5, 5.41) is 4.71. The number of amides is 1. The molecule has 0 aliphatic heterocycles. The average molecular weight is 317 g/mol. The van der Waals surface area contributed by atoms with Crippen molar-refractivity contribution in [2.45, 2.75) is 56.7 Å². The second kappa shape index (κ2) is 5.63. The Balaban J connectivity index is 1.63. The van der Waals surface area contributed by atoms with Crippen LogP contribution in [-0.4, -0.2) is 18.1 Å². The van der Waals surface area contributed by atoms with Gasteiger partial charge in [0.1, 0.15) is 0 Å². The largest absolute Gasteiger partial charge is 0.391 e. The molecule has 2 atom stereocenters. The van der Waals surface area contributed by atoms with E-state index < -0.39 is 12.1 Å². The van der Waals surface area contributed by atoms with Crippen LogP contribution in [0.15, 0.2) is 11.4 Å². The van der Waals surface area contributed by atoms with Crippen molar-refractivity contribution >= 4 is 17.2 Å². The van der Waals surface area contributed by atoms with E-state index in [9.17, 15) is 18.0 Å². The van der Waals surface area contributed by atoms with Crippen LogP contribution in [0.25, 0.3) is 0 Å². The van der Waals surface area contributed by atoms with Gasteiger partial charge in [-0.05, 0) is 55.0 Å². The summed E-state index contributed by atoms with van der Waals surface area (Å²) >= 11 is 1.39. The highest BCUT2D eigenvalue weighted by Gasteiger charge is 2.42. The van der Waals surface area contributed by atoms with Crippen LogP contribution in [0.4, 0.5) is 13.2 Å². The minimum Gasteiger partial charge on any atom is -0.349 e. The van der Waals surface area contributed by atoms with Crippen LogP contribution in [0.3, 0.4) is 0 Å². The van der Waals surface area contributed by atoms with E-state index in [2.05, 4.69) is 5.32 Å². The van der Waals surface area contributed by atoms with Gasteiger partial charge in [0.05, 0.1) is 10.8 Å². The lowest BCUT2D eigenvalue weighted by molar-refractivity contribution is -0.183. The maximum Gasteiger partial charge on any atom is 0.391 e. The van der Waals surface area contributed by atoms with E-state index in [4.69, 9.17) is 0 Å². The number of halogens is 3. The summed E-state index contributed by atoms with van der Waals surface area (Å²) < 4.78 is 38.4. The van der Waals surface area contributed by atoms with Crippen molar-refractivity contribution in [2.24, 2.45) is 5.92 Å². The predicted octanol–water partition coefficient (Wildman–Crippen LogP) is 4.48. The number of rotatable bonds is 3. The van der Waals surface area contributed by atoms with Crippen LogP contribution >= 0.6 is 11.3 Å². The van der Waals surface area contributed by atoms with E-state index >= 15 is 0 Å². The van der Waals surface area contributed by atoms with E-state index in [1.54, 1.807) is 0 Å². The van der Waals surface area contributed by atoms with Gasteiger partial charge in [0.2, 0.25) is 0 Å². The minimum absolute atomic E-state index is 0.0133. The van der Waals surface area contributed by atoms with E-state index in [1.807, 2.05) is 11.4 Å². The molecule has 2 aliphatic rings. The SMILES string of the molecule is O=C(N[C@@H]1CCC[C@H](C(F)(F)F)C1)c1sccc1C1CC1. The summed E-state index contributed by atoms with van der Waals surface area (Å²) in [5.74, 6) is -0.992. The second-order valence-electron chi connectivity index (χ2n) is 6.05. The van der Waals surface area contributed by atoms with Crippen molar-refractivity contribution in [2.75, 3.05) is 0 Å². The van der Waals surface area contributed by atoms with Crippen LogP contribution in [-0.2, 0) is 0 Å². The highest BCUT2D eigenvalue weighted by Crippen LogP contribution is 2.43. The molecule has 21 heavy (non-hydrogen) atoms. The molecule has 0 spiro atoms. The highest BCUT2D eigenvalue weighted by atomic mass is 32.1. The Hall–Kier alpha value is -1.04. The molecule has 1 aromatic rings. The fourth-order valence-corrected chi connectivity index (χ4v) is 3.98. The Morgan fingerprint density at radius 3 is 2.67 bits per heavy atom. The van der Waals surface area contributed by atoms with Crippen molar-refractivity contribution in [1.82, 2.24) is 5.32 Å². The molecule has 1 aromatic heterocycles. The summed E-state index contributed by atoms with van der Waals surface area (Å²) in [6.45, 7) is 0. The van der Waals surface area contributed by atoms with Gasteiger partial charge in [-0.25, -0.2) is 0 Å². The maximum atomic E-state index is 12.8. The van der Waals surface area contributed by atoms with Crippen molar-refractivity contribution in [3.8, 4) is 0 Å². The first-order valence-electron chi connectivity index (χ1n) is 7.40. The molecule has 2 nitrogen and oxygen atoms in total. The summed E-state index contributed by atoms with van der Waals surface area (Å²) in [6, 6.07) is 1.61. The predicted molar refractivity (Wildman–Crippen MR) is 75.6 cm³/mol. The summed E-state index contributed by atoms with van der Waals surface area (Å²) in [4.78, 5) is 13.0. The highest BCUT2D eigenvalue weighted by molar-refractivity contribution is 7.12. The Morgan fingerprint density at radius 1 is 1.24 bits per heavy atom. The van der Waals surface area contributed by atoms with Crippen LogP contribution in [0.5, 0.6) is 0 Å². The summed E-state index contributed by atoms with van der Waals surface area (Å²) in [7, 11) is 0. The van der Waals surface area contributed by atoms with Crippen LogP contribution < -0.4 is 5.32 Å². The molecule has 2 aliphatic carbocycles. The first kappa shape index (κ1) is 14.9. The number of hydrogen-bond donors (Lipinski definition) is 1. The van der Waals surface area contributed by atoms with Gasteiger partial charge < -0.3 is 5.32 Å². The second-order valence-corrected chi connectivity index (χ2v) is 6.97. The lowest BCUT2D eigenvalue weighted by Crippen LogP contribution is -2.41. The third-order valence-electron chi connectivity index (χ3n) is 4.39. The lowest BCUT2D eigenvalue weighted by Gasteiger charge is -2.31. The fourth-order valence-electron chi connectivity index (χ4n) is 3.09. The molecule has 2 saturated carbocycles. The fraction of sp³-hybridized carbons (Fsp3) is 0.667. The zero-order valence-electron chi connectivity index (χ0n) is 11.6. The molecule has 3 rings (SSSR count). The Morgan fingerprint density at radius 2 is 2.00 bits per heavy atom. The van der Waals surface area contributed by atoms with Gasteiger partial charge in [-0.15, -0.1) is 11.3 Å². The van der Waals surface area contributed by atoms with Gasteiger partial charge in [-0.1, -0.05) is 6.42 Å². The number of nitrogens with one attached hydrogen (secondary N) is 1. The Labute approximate surface area is 125 Å². The molecule has 1 heterocycles. The first-order valence-corrected chi connectivity index (χ1v) is 8.28. The van der Waals surface area contributed by atoms with Gasteiger partial charge in [-0.2, -0.15) is 13.2 Å². The zero-order chi connectivity index (χ0) is 15.0. The third-order valence-corrected chi connectivity index (χ3v) is 5.32. The molecule has 116 valence electrons. The van der Waals surface area contributed by atoms with Crippen LogP contribution in [0, 0.1) is 5.92 Å². The van der Waals surface area contributed by atoms with Gasteiger partial charge >= 0.3 is 6.18 Å². The number of carbonyl (C=O) groups is 1. The summed E-state index contributed by atoms with van der Waals surface area (Å²) in [5.41, 5.74) is 1.07. The monoisotopic (exact) mass is 317 g/mol. The Bertz CT molecular complexity index is 521. The first-order chi connectivity index (χ1) is 9.95. The van der Waals surface area contributed by atoms with Crippen molar-refractivity contribution in [1.29, 1.82) is 0 Å². The van der Waals surface area contributed by atoms with Crippen molar-refractivity contribution in [3.63, 3.8) is 0 Å². The molecule has 0 aromatic carbocycles. The molecular weight excluding hydrogens is 299 g/mol. The quantitative estimate of drug-likeness (QED) is 0.875. The molecule has 1 amide bonds. The molecular formula is C15H18F3NOS. The molecule has 2 fully saturated rings. The molecule has 1 N–H and O–H groups in total. The number of hydrogen-bond acceptors (Lipinski definition) is 2. The van der Waals surface area contributed by atoms with E-state index in [1.165, 1.54) is 11.3 Å². The third kappa shape index (κ3) is 3.42. The minimum atomic E-state index is -4.15.